The molecular formula is C18H30N2O2. The van der Waals surface area contributed by atoms with Crippen molar-refractivity contribution in [3.05, 3.63) is 29.8 Å². The van der Waals surface area contributed by atoms with Gasteiger partial charge < -0.3 is 15.8 Å². The first-order chi connectivity index (χ1) is 10.3. The molecule has 0 saturated carbocycles. The molecule has 0 bridgehead atoms. The highest BCUT2D eigenvalue weighted by molar-refractivity contribution is 5.65. The molecule has 1 amide bonds. The van der Waals surface area contributed by atoms with Crippen LogP contribution < -0.4 is 11.1 Å². The maximum atomic E-state index is 10.0. The second-order valence-electron chi connectivity index (χ2n) is 6.72. The second-order valence-corrected chi connectivity index (χ2v) is 6.72. The van der Waals surface area contributed by atoms with Crippen LogP contribution in [0.4, 0.5) is 10.5 Å². The Balaban J connectivity index is 0.000000261. The van der Waals surface area contributed by atoms with Crippen LogP contribution in [-0.4, -0.2) is 17.7 Å². The van der Waals surface area contributed by atoms with Crippen LogP contribution in [0.15, 0.2) is 24.3 Å². The van der Waals surface area contributed by atoms with Crippen molar-refractivity contribution < 1.29 is 9.53 Å². The predicted octanol–water partition coefficient (Wildman–Crippen LogP) is 4.34. The summed E-state index contributed by atoms with van der Waals surface area (Å²) in [5.41, 5.74) is 7.11. The lowest BCUT2D eigenvalue weighted by atomic mass is 9.84. The van der Waals surface area contributed by atoms with E-state index in [9.17, 15) is 4.79 Å². The first kappa shape index (κ1) is 18.3. The number of carbonyl (C=O) groups excluding carboxylic acids is 1. The molecule has 0 fully saturated rings. The summed E-state index contributed by atoms with van der Waals surface area (Å²) in [4.78, 5) is 10.0. The van der Waals surface area contributed by atoms with Crippen LogP contribution in [0.3, 0.4) is 0 Å². The van der Waals surface area contributed by atoms with Crippen LogP contribution in [-0.2, 0) is 11.2 Å². The van der Waals surface area contributed by atoms with Gasteiger partial charge in [-0.2, -0.15) is 0 Å². The lowest BCUT2D eigenvalue weighted by Crippen LogP contribution is -2.34. The molecule has 0 spiro atoms. The minimum absolute atomic E-state index is 0.453. The molecule has 1 aliphatic rings. The van der Waals surface area contributed by atoms with Crippen molar-refractivity contribution in [1.29, 1.82) is 0 Å². The molecule has 0 radical (unpaired) electrons. The van der Waals surface area contributed by atoms with E-state index in [-0.39, 0.29) is 0 Å². The molecule has 0 saturated heterocycles. The van der Waals surface area contributed by atoms with Gasteiger partial charge in [-0.05, 0) is 51.2 Å². The van der Waals surface area contributed by atoms with Gasteiger partial charge >= 0.3 is 6.09 Å². The van der Waals surface area contributed by atoms with E-state index in [1.54, 1.807) is 20.8 Å². The molecule has 2 atom stereocenters. The van der Waals surface area contributed by atoms with Crippen LogP contribution in [0.25, 0.3) is 0 Å². The molecule has 22 heavy (non-hydrogen) atoms. The number of primary amides is 1. The Hall–Kier alpha value is -1.71. The maximum Gasteiger partial charge on any atom is 0.405 e. The van der Waals surface area contributed by atoms with E-state index < -0.39 is 11.7 Å². The van der Waals surface area contributed by atoms with E-state index in [1.807, 2.05) is 0 Å². The van der Waals surface area contributed by atoms with Crippen molar-refractivity contribution in [2.45, 2.75) is 65.5 Å². The lowest BCUT2D eigenvalue weighted by Gasteiger charge is -2.33. The van der Waals surface area contributed by atoms with E-state index in [1.165, 1.54) is 30.5 Å². The number of nitrogens with one attached hydrogen (secondary N) is 1. The van der Waals surface area contributed by atoms with Gasteiger partial charge in [-0.25, -0.2) is 4.79 Å². The molecule has 124 valence electrons. The van der Waals surface area contributed by atoms with Gasteiger partial charge in [-0.15, -0.1) is 0 Å². The van der Waals surface area contributed by atoms with Crippen molar-refractivity contribution in [3.63, 3.8) is 0 Å². The largest absolute Gasteiger partial charge is 0.444 e. The van der Waals surface area contributed by atoms with Gasteiger partial charge in [-0.1, -0.05) is 38.5 Å². The summed E-state index contributed by atoms with van der Waals surface area (Å²) in [5, 5.41) is 3.65. The molecule has 3 N–H and O–H groups in total. The minimum atomic E-state index is -0.725. The molecule has 2 rings (SSSR count). The molecule has 4 nitrogen and oxygen atoms in total. The maximum absolute atomic E-state index is 10.0. The van der Waals surface area contributed by atoms with Crippen LogP contribution in [0.2, 0.25) is 0 Å². The number of carbonyl (C=O) groups is 1. The van der Waals surface area contributed by atoms with Gasteiger partial charge in [0.1, 0.15) is 5.60 Å². The summed E-state index contributed by atoms with van der Waals surface area (Å²) in [6.45, 7) is 9.85. The molecule has 1 heterocycles. The molecule has 1 aromatic carbocycles. The average molecular weight is 306 g/mol. The Morgan fingerprint density at radius 2 is 1.91 bits per heavy atom. The van der Waals surface area contributed by atoms with Crippen LogP contribution >= 0.6 is 0 Å². The highest BCUT2D eigenvalue weighted by atomic mass is 16.6. The van der Waals surface area contributed by atoms with Crippen LogP contribution in [0, 0.1) is 5.92 Å². The lowest BCUT2D eigenvalue weighted by molar-refractivity contribution is 0.0600. The zero-order valence-corrected chi connectivity index (χ0v) is 14.5. The van der Waals surface area contributed by atoms with Crippen molar-refractivity contribution in [2.75, 3.05) is 5.32 Å². The molecule has 1 aliphatic heterocycles. The smallest absolute Gasteiger partial charge is 0.405 e. The van der Waals surface area contributed by atoms with Crippen molar-refractivity contribution in [2.24, 2.45) is 11.7 Å². The van der Waals surface area contributed by atoms with Crippen LogP contribution in [0.1, 0.15) is 53.0 Å². The SMILES string of the molecule is CC(C)(C)OC(N)=O.CC[C@@H]1Cc2ccccc2N[C@H]1CC. The van der Waals surface area contributed by atoms with Crippen molar-refractivity contribution in [3.8, 4) is 0 Å². The van der Waals surface area contributed by atoms with Crippen LogP contribution in [0.5, 0.6) is 0 Å². The highest BCUT2D eigenvalue weighted by Gasteiger charge is 2.24. The topological polar surface area (TPSA) is 64.3 Å². The number of hydrogen-bond acceptors (Lipinski definition) is 3. The molecule has 0 unspecified atom stereocenters. The molecule has 0 aliphatic carbocycles. The molecular weight excluding hydrogens is 276 g/mol. The fraction of sp³-hybridized carbons (Fsp3) is 0.611. The number of benzene rings is 1. The first-order valence-electron chi connectivity index (χ1n) is 8.09. The number of anilines is 1. The number of para-hydroxylation sites is 1. The van der Waals surface area contributed by atoms with Gasteiger partial charge in [0.05, 0.1) is 0 Å². The summed E-state index contributed by atoms with van der Waals surface area (Å²) < 4.78 is 4.58. The normalized spacial score (nSPS) is 20.0. The number of fused-ring (bicyclic) bond motifs is 1. The fourth-order valence-electron chi connectivity index (χ4n) is 2.75. The van der Waals surface area contributed by atoms with E-state index in [0.717, 1.165) is 5.92 Å². The van der Waals surface area contributed by atoms with E-state index in [4.69, 9.17) is 5.73 Å². The van der Waals surface area contributed by atoms with Gasteiger partial charge in [0.25, 0.3) is 0 Å². The van der Waals surface area contributed by atoms with E-state index in [0.29, 0.717) is 6.04 Å². The third-order valence-electron chi connectivity index (χ3n) is 3.78. The quantitative estimate of drug-likeness (QED) is 0.854. The number of rotatable bonds is 2. The predicted molar refractivity (Wildman–Crippen MR) is 92.1 cm³/mol. The number of amides is 1. The highest BCUT2D eigenvalue weighted by Crippen LogP contribution is 2.30. The Bertz CT molecular complexity index is 449. The number of ether oxygens (including phenoxy) is 1. The first-order valence-corrected chi connectivity index (χ1v) is 8.09. The zero-order valence-electron chi connectivity index (χ0n) is 14.5. The molecule has 0 aromatic heterocycles. The third kappa shape index (κ3) is 5.96. The molecule has 4 heteroatoms. The second kappa shape index (κ2) is 8.06. The van der Waals surface area contributed by atoms with Crippen molar-refractivity contribution in [1.82, 2.24) is 0 Å². The number of nitrogens with two attached hydrogens (primary N) is 1. The van der Waals surface area contributed by atoms with Gasteiger partial charge in [0.2, 0.25) is 0 Å². The number of hydrogen-bond donors (Lipinski definition) is 2. The Morgan fingerprint density at radius 1 is 1.27 bits per heavy atom. The molecule has 1 aromatic rings. The summed E-state index contributed by atoms with van der Waals surface area (Å²) in [6.07, 6.45) is 3.03. The fourth-order valence-corrected chi connectivity index (χ4v) is 2.75. The van der Waals surface area contributed by atoms with E-state index in [2.05, 4.69) is 48.2 Å². The Morgan fingerprint density at radius 3 is 2.36 bits per heavy atom. The summed E-state index contributed by atoms with van der Waals surface area (Å²) in [5.74, 6) is 0.815. The third-order valence-corrected chi connectivity index (χ3v) is 3.78. The zero-order chi connectivity index (χ0) is 16.8. The monoisotopic (exact) mass is 306 g/mol. The summed E-state index contributed by atoms with van der Waals surface area (Å²) >= 11 is 0. The Labute approximate surface area is 134 Å². The average Bonchev–Trinajstić information content (AvgIpc) is 2.43. The van der Waals surface area contributed by atoms with E-state index >= 15 is 0 Å². The summed E-state index contributed by atoms with van der Waals surface area (Å²) in [6, 6.07) is 9.38. The van der Waals surface area contributed by atoms with Gasteiger partial charge in [0.15, 0.2) is 0 Å². The van der Waals surface area contributed by atoms with Gasteiger partial charge in [-0.3, -0.25) is 0 Å². The Kier molecular flexibility index (Phi) is 6.72. The standard InChI is InChI=1S/C13H19N.C5H11NO2/c1-3-10-9-11-7-5-6-8-13(11)14-12(10)4-2;1-5(2,3)8-4(6)7/h5-8,10,12,14H,3-4,9H2,1-2H3;1-3H3,(H2,6,7)/t10-,12+;/m1./s1. The van der Waals surface area contributed by atoms with Crippen molar-refractivity contribution >= 4 is 11.8 Å². The minimum Gasteiger partial charge on any atom is -0.444 e. The summed E-state index contributed by atoms with van der Waals surface area (Å²) in [7, 11) is 0. The van der Waals surface area contributed by atoms with Gasteiger partial charge in [0, 0.05) is 11.7 Å².